The third-order valence-electron chi connectivity index (χ3n) is 1.05. The van der Waals surface area contributed by atoms with Crippen molar-refractivity contribution in [3.63, 3.8) is 0 Å². The lowest BCUT2D eigenvalue weighted by Gasteiger charge is -2.26. The summed E-state index contributed by atoms with van der Waals surface area (Å²) in [7, 11) is 0. The number of carbonyl (C=O) groups excluding carboxylic acids is 1. The summed E-state index contributed by atoms with van der Waals surface area (Å²) in [6.45, 7) is 0. The Bertz CT molecular complexity index is 202. The van der Waals surface area contributed by atoms with Crippen LogP contribution in [-0.4, -0.2) is 21.8 Å². The molecule has 0 amide bonds. The van der Waals surface area contributed by atoms with E-state index < -0.39 is 21.8 Å². The fourth-order valence-electron chi connectivity index (χ4n) is 0.384. The predicted molar refractivity (Wildman–Crippen MR) is 35.0 cm³/mol. The summed E-state index contributed by atoms with van der Waals surface area (Å²) in [5.74, 6) is 0. The Morgan fingerprint density at radius 1 is 0.846 bits per heavy atom. The Hall–Kier alpha value is -0.0900. The maximum absolute atomic E-state index is 12.3. The molecule has 0 rings (SSSR count). The molecule has 0 fully saturated rings. The third kappa shape index (κ3) is 2.05. The van der Waals surface area contributed by atoms with Gasteiger partial charge in [-0.3, -0.25) is 4.79 Å². The van der Waals surface area contributed by atoms with E-state index in [2.05, 4.69) is 0 Å². The summed E-state index contributed by atoms with van der Waals surface area (Å²) in [5, 5.41) is 0. The molecule has 0 bridgehead atoms. The van der Waals surface area contributed by atoms with Gasteiger partial charge in [0.15, 0.2) is 0 Å². The van der Waals surface area contributed by atoms with Crippen molar-refractivity contribution >= 4 is 26.4 Å². The van der Waals surface area contributed by atoms with Crippen molar-refractivity contribution in [2.45, 2.75) is 18.0 Å². The fraction of sp³-hybridized carbons (Fsp3) is 0.750. The molecule has 0 aliphatic rings. The highest BCUT2D eigenvalue weighted by molar-refractivity contribution is 14.1. The molecule has 0 aromatic carbocycles. The van der Waals surface area contributed by atoms with Crippen LogP contribution in [0.15, 0.2) is 0 Å². The van der Waals surface area contributed by atoms with E-state index in [1.165, 1.54) is 0 Å². The average Bonchev–Trinajstić information content (AvgIpc) is 1.80. The fourth-order valence-corrected chi connectivity index (χ4v) is 0.995. The van der Waals surface area contributed by atoms with Gasteiger partial charge in [-0.2, -0.15) is 26.3 Å². The number of carbonyl (C=O) groups is 1. The summed E-state index contributed by atoms with van der Waals surface area (Å²) in [4.78, 5) is 9.93. The Morgan fingerprint density at radius 2 is 1.08 bits per heavy atom. The second kappa shape index (κ2) is 3.24. The quantitative estimate of drug-likeness (QED) is 0.412. The molecule has 0 aromatic heterocycles. The monoisotopic (exact) mass is 324 g/mol. The molecule has 0 radical (unpaired) electrons. The molecule has 9 heteroatoms. The first-order valence-electron chi connectivity index (χ1n) is 2.47. The van der Waals surface area contributed by atoms with Crippen LogP contribution in [-0.2, 0) is 4.79 Å². The number of alkyl halides is 7. The van der Waals surface area contributed by atoms with Crippen LogP contribution in [0.25, 0.3) is 0 Å². The maximum Gasteiger partial charge on any atom is 0.439 e. The van der Waals surface area contributed by atoms with Crippen molar-refractivity contribution in [1.29, 1.82) is 0 Å². The van der Waals surface area contributed by atoms with E-state index in [0.29, 0.717) is 0 Å². The van der Waals surface area contributed by atoms with Gasteiger partial charge in [-0.15, -0.1) is 0 Å². The molecule has 0 aromatic rings. The van der Waals surface area contributed by atoms with E-state index in [1.54, 1.807) is 0 Å². The first-order chi connectivity index (χ1) is 5.44. The molecule has 0 N–H and O–H groups in total. The Kier molecular flexibility index (Phi) is 3.22. The van der Waals surface area contributed by atoms with E-state index in [9.17, 15) is 35.5 Å². The van der Waals surface area contributed by atoms with Crippen molar-refractivity contribution in [2.24, 2.45) is 0 Å². The normalized spacial score (nSPS) is 14.5. The van der Waals surface area contributed by atoms with Gasteiger partial charge in [-0.1, -0.05) is 0 Å². The lowest BCUT2D eigenvalue weighted by Crippen LogP contribution is -2.57. The molecule has 0 saturated carbocycles. The van der Waals surface area contributed by atoms with Gasteiger partial charge in [-0.25, -0.2) is 4.39 Å². The number of hydrogen-bond acceptors (Lipinski definition) is 1. The van der Waals surface area contributed by atoms with Crippen LogP contribution >= 0.6 is 22.6 Å². The van der Waals surface area contributed by atoms with Crippen LogP contribution in [0.2, 0.25) is 0 Å². The summed E-state index contributed by atoms with van der Waals surface area (Å²) in [6, 6.07) is 0. The minimum Gasteiger partial charge on any atom is -0.283 e. The van der Waals surface area contributed by atoms with Gasteiger partial charge in [0.2, 0.25) is 3.79 Å². The predicted octanol–water partition coefficient (Wildman–Crippen LogP) is 2.78. The second-order valence-electron chi connectivity index (χ2n) is 1.93. The van der Waals surface area contributed by atoms with Crippen molar-refractivity contribution in [3.05, 3.63) is 0 Å². The van der Waals surface area contributed by atoms with Crippen molar-refractivity contribution in [1.82, 2.24) is 0 Å². The lowest BCUT2D eigenvalue weighted by molar-refractivity contribution is -0.321. The van der Waals surface area contributed by atoms with Gasteiger partial charge >= 0.3 is 18.0 Å². The second-order valence-corrected chi connectivity index (χ2v) is 2.91. The SMILES string of the molecule is O=C(I)C(F)(C(F)(F)F)C(F)(F)F. The summed E-state index contributed by atoms with van der Waals surface area (Å²) >= 11 is 0.118. The van der Waals surface area contributed by atoms with Crippen LogP contribution in [0, 0.1) is 0 Å². The average molecular weight is 324 g/mol. The van der Waals surface area contributed by atoms with Crippen LogP contribution in [0.5, 0.6) is 0 Å². The van der Waals surface area contributed by atoms with Crippen LogP contribution in [0.1, 0.15) is 0 Å². The highest BCUT2D eigenvalue weighted by Gasteiger charge is 2.76. The highest BCUT2D eigenvalue weighted by atomic mass is 127. The Morgan fingerprint density at radius 3 is 1.08 bits per heavy atom. The van der Waals surface area contributed by atoms with E-state index in [1.807, 2.05) is 0 Å². The van der Waals surface area contributed by atoms with Gasteiger partial charge in [0.05, 0.1) is 0 Å². The molecule has 0 spiro atoms. The van der Waals surface area contributed by atoms with Crippen molar-refractivity contribution < 1.29 is 35.5 Å². The van der Waals surface area contributed by atoms with Crippen LogP contribution in [0.4, 0.5) is 30.7 Å². The molecule has 0 aliphatic carbocycles. The van der Waals surface area contributed by atoms with Gasteiger partial charge < -0.3 is 0 Å². The summed E-state index contributed by atoms with van der Waals surface area (Å²) in [5.41, 5.74) is -5.78. The largest absolute Gasteiger partial charge is 0.439 e. The zero-order valence-electron chi connectivity index (χ0n) is 5.43. The number of hydrogen-bond donors (Lipinski definition) is 0. The molecule has 0 atom stereocenters. The van der Waals surface area contributed by atoms with E-state index >= 15 is 0 Å². The highest BCUT2D eigenvalue weighted by Crippen LogP contribution is 2.47. The van der Waals surface area contributed by atoms with E-state index in [4.69, 9.17) is 0 Å². The lowest BCUT2D eigenvalue weighted by atomic mass is 10.1. The zero-order valence-corrected chi connectivity index (χ0v) is 7.59. The molecule has 78 valence electrons. The maximum atomic E-state index is 12.3. The van der Waals surface area contributed by atoms with E-state index in [0.717, 1.165) is 0 Å². The standard InChI is InChI=1S/C4F7IO/c5-2(1(12)13,3(6,7)8)4(9,10)11. The van der Waals surface area contributed by atoms with E-state index in [-0.39, 0.29) is 22.6 Å². The molecule has 1 nitrogen and oxygen atoms in total. The van der Waals surface area contributed by atoms with Gasteiger partial charge in [0.25, 0.3) is 0 Å². The Balaban J connectivity index is 5.35. The number of halogens is 8. The Labute approximate surface area is 80.4 Å². The molecule has 0 aliphatic heterocycles. The first kappa shape index (κ1) is 12.9. The molecule has 0 heterocycles. The summed E-state index contributed by atoms with van der Waals surface area (Å²) in [6.07, 6.45) is -12.6. The molecule has 13 heavy (non-hydrogen) atoms. The summed E-state index contributed by atoms with van der Waals surface area (Å²) < 4.78 is 78.8. The first-order valence-corrected chi connectivity index (χ1v) is 3.54. The topological polar surface area (TPSA) is 17.1 Å². The number of rotatable bonds is 1. The van der Waals surface area contributed by atoms with Crippen LogP contribution < -0.4 is 0 Å². The van der Waals surface area contributed by atoms with Crippen molar-refractivity contribution in [2.75, 3.05) is 0 Å². The van der Waals surface area contributed by atoms with Gasteiger partial charge in [-0.05, 0) is 0 Å². The molecular weight excluding hydrogens is 324 g/mol. The third-order valence-corrected chi connectivity index (χ3v) is 1.80. The smallest absolute Gasteiger partial charge is 0.283 e. The minimum absolute atomic E-state index is 0.118. The zero-order chi connectivity index (χ0) is 11.1. The molecular formula is C4F7IO. The van der Waals surface area contributed by atoms with Gasteiger partial charge in [0, 0.05) is 22.6 Å². The molecule has 0 unspecified atom stereocenters. The van der Waals surface area contributed by atoms with Crippen molar-refractivity contribution in [3.8, 4) is 0 Å². The van der Waals surface area contributed by atoms with Crippen LogP contribution in [0.3, 0.4) is 0 Å². The molecule has 0 saturated heterocycles. The minimum atomic E-state index is -6.29. The van der Waals surface area contributed by atoms with Gasteiger partial charge in [0.1, 0.15) is 0 Å².